The maximum Gasteiger partial charge on any atom is 1.00 e. The van der Waals surface area contributed by atoms with Crippen molar-refractivity contribution in [2.45, 2.75) is 6.92 Å². The molecule has 0 bridgehead atoms. The van der Waals surface area contributed by atoms with Crippen molar-refractivity contribution in [3.8, 4) is 28.6 Å². The van der Waals surface area contributed by atoms with Crippen LogP contribution < -0.4 is 10.5 Å². The maximum atomic E-state index is 5.33. The van der Waals surface area contributed by atoms with E-state index in [0.717, 1.165) is 28.6 Å². The summed E-state index contributed by atoms with van der Waals surface area (Å²) in [5.74, 6) is 2.43. The topological polar surface area (TPSA) is 110 Å². The predicted octanol–water partition coefficient (Wildman–Crippen LogP) is 4.68. The van der Waals surface area contributed by atoms with Crippen LogP contribution in [0.1, 0.15) is 5.56 Å². The number of pyridine rings is 3. The Morgan fingerprint density at radius 1 is 0.744 bits per heavy atom. The second kappa shape index (κ2) is 15.7. The molecule has 2 N–H and O–H groups in total. The molecule has 39 heavy (non-hydrogen) atoms. The number of aryl methyl sites for hydroxylation is 1. The molecule has 0 saturated carbocycles. The molecule has 0 unspecified atom stereocenters. The number of hydrogen-bond donors (Lipinski definition) is 1. The summed E-state index contributed by atoms with van der Waals surface area (Å²) in [6, 6.07) is 27.8. The summed E-state index contributed by atoms with van der Waals surface area (Å²) < 4.78 is 8.67. The van der Waals surface area contributed by atoms with Gasteiger partial charge in [0.1, 0.15) is 6.73 Å². The van der Waals surface area contributed by atoms with Crippen LogP contribution in [0.25, 0.3) is 22.9 Å². The number of aromatic nitrogens is 7. The van der Waals surface area contributed by atoms with Crippen LogP contribution in [0.5, 0.6) is 5.75 Å². The summed E-state index contributed by atoms with van der Waals surface area (Å²) >= 11 is 0. The van der Waals surface area contributed by atoms with Crippen LogP contribution in [-0.2, 0) is 19.8 Å². The van der Waals surface area contributed by atoms with Gasteiger partial charge in [0.05, 0.1) is 0 Å². The Balaban J connectivity index is 0.000000164. The first kappa shape index (κ1) is 29.0. The van der Waals surface area contributed by atoms with Gasteiger partial charge < -0.3 is 9.72 Å². The van der Waals surface area contributed by atoms with Gasteiger partial charge in [-0.2, -0.15) is 10.2 Å². The second-order valence-electron chi connectivity index (χ2n) is 7.74. The summed E-state index contributed by atoms with van der Waals surface area (Å²) in [5.41, 5.74) is 8.30. The van der Waals surface area contributed by atoms with Gasteiger partial charge >= 0.3 is 19.8 Å². The van der Waals surface area contributed by atoms with Crippen molar-refractivity contribution in [2.75, 3.05) is 6.73 Å². The molecule has 0 spiro atoms. The van der Waals surface area contributed by atoms with Gasteiger partial charge in [-0.25, -0.2) is 19.3 Å². The molecule has 0 aliphatic rings. The van der Waals surface area contributed by atoms with Crippen molar-refractivity contribution in [3.63, 3.8) is 0 Å². The molecule has 197 valence electrons. The van der Waals surface area contributed by atoms with Crippen LogP contribution in [0.2, 0.25) is 0 Å². The van der Waals surface area contributed by atoms with E-state index in [0.29, 0.717) is 0 Å². The third kappa shape index (κ3) is 9.07. The number of benzene rings is 1. The minimum absolute atomic E-state index is 0. The molecule has 1 aromatic carbocycles. The van der Waals surface area contributed by atoms with Crippen molar-refractivity contribution in [3.05, 3.63) is 134 Å². The number of rotatable bonds is 5. The van der Waals surface area contributed by atoms with Crippen LogP contribution in [0, 0.1) is 13.0 Å². The van der Waals surface area contributed by atoms with Gasteiger partial charge in [-0.1, -0.05) is 23.8 Å². The van der Waals surface area contributed by atoms with Gasteiger partial charge in [-0.15, -0.1) is 29.8 Å². The van der Waals surface area contributed by atoms with E-state index in [9.17, 15) is 0 Å². The Hall–Kier alpha value is -4.51. The fourth-order valence-electron chi connectivity index (χ4n) is 3.25. The number of hydrogen-bond acceptors (Lipinski definition) is 7. The zero-order chi connectivity index (χ0) is 26.4. The third-order valence-corrected chi connectivity index (χ3v) is 4.99. The van der Waals surface area contributed by atoms with E-state index in [2.05, 4.69) is 31.2 Å². The first-order chi connectivity index (χ1) is 18.7. The molecular weight excluding hydrogens is 667 g/mol. The molecular formula is C29H27N8OOs. The Bertz CT molecular complexity index is 1410. The predicted molar refractivity (Wildman–Crippen MR) is 146 cm³/mol. The average molecular weight is 694 g/mol. The fraction of sp³-hybridized carbons (Fsp3) is 0.0690. The molecule has 1 radical (unpaired) electrons. The maximum absolute atomic E-state index is 5.33. The fourth-order valence-corrected chi connectivity index (χ4v) is 3.25. The molecule has 0 aliphatic heterocycles. The van der Waals surface area contributed by atoms with Crippen molar-refractivity contribution >= 4 is 0 Å². The van der Waals surface area contributed by atoms with Gasteiger partial charge in [0.2, 0.25) is 0 Å². The van der Waals surface area contributed by atoms with Crippen LogP contribution in [0.15, 0.2) is 122 Å². The molecule has 10 heteroatoms. The van der Waals surface area contributed by atoms with Gasteiger partial charge in [0.15, 0.2) is 11.6 Å². The summed E-state index contributed by atoms with van der Waals surface area (Å²) in [6.45, 7) is 2.20. The Morgan fingerprint density at radius 2 is 1.38 bits per heavy atom. The largest absolute Gasteiger partial charge is 1.00 e. The summed E-state index contributed by atoms with van der Waals surface area (Å²) in [5, 5.41) is 8.08. The van der Waals surface area contributed by atoms with E-state index >= 15 is 0 Å². The normalized spacial score (nSPS) is 9.69. The minimum atomic E-state index is 0. The van der Waals surface area contributed by atoms with E-state index in [1.54, 1.807) is 40.3 Å². The second-order valence-corrected chi connectivity index (χ2v) is 7.74. The van der Waals surface area contributed by atoms with Gasteiger partial charge in [0.25, 0.3) is 0 Å². The zero-order valence-electron chi connectivity index (χ0n) is 21.2. The smallest absolute Gasteiger partial charge is 0.498 e. The summed E-state index contributed by atoms with van der Waals surface area (Å²) in [4.78, 5) is 12.5. The number of ether oxygens (including phenoxy) is 1. The quantitative estimate of drug-likeness (QED) is 0.206. The molecule has 0 atom stereocenters. The zero-order valence-corrected chi connectivity index (χ0v) is 23.8. The van der Waals surface area contributed by atoms with Gasteiger partial charge in [0, 0.05) is 49.1 Å². The number of nitrogens with two attached hydrogens (primary N) is 1. The SMILES string of the molecule is Cc1ccnc(-c2[c-]ccc(OCN)c2)c1.[Os+].c1ccc(-n2cccn2)nc1.c1ccc(-n2cccn2)nc1. The summed E-state index contributed by atoms with van der Waals surface area (Å²) in [7, 11) is 0. The Morgan fingerprint density at radius 3 is 1.87 bits per heavy atom. The standard InChI is InChI=1S/C13H13N2O.2C8H7N3.Os/c1-10-5-6-15-13(7-10)11-3-2-4-12(8-11)16-9-14;2*1-2-5-9-8(4-1)11-7-3-6-10-11;/h2,4-8H,9,14H2,1H3;2*1-7H;/q-1;;;+1. The van der Waals surface area contributed by atoms with Crippen LogP contribution in [-0.4, -0.2) is 41.2 Å². The monoisotopic (exact) mass is 695 g/mol. The van der Waals surface area contributed by atoms with E-state index in [-0.39, 0.29) is 26.5 Å². The molecule has 9 nitrogen and oxygen atoms in total. The first-order valence-corrected chi connectivity index (χ1v) is 11.8. The molecule has 0 aliphatic carbocycles. The van der Waals surface area contributed by atoms with Gasteiger partial charge in [-0.05, 0) is 55.1 Å². The van der Waals surface area contributed by atoms with Crippen LogP contribution in [0.4, 0.5) is 0 Å². The minimum Gasteiger partial charge on any atom is -0.498 e. The Kier molecular flexibility index (Phi) is 11.7. The van der Waals surface area contributed by atoms with Gasteiger partial charge in [-0.3, -0.25) is 5.73 Å². The average Bonchev–Trinajstić information content (AvgIpc) is 3.71. The molecule has 6 aromatic rings. The molecule has 5 aromatic heterocycles. The van der Waals surface area contributed by atoms with Crippen LogP contribution in [0.3, 0.4) is 0 Å². The van der Waals surface area contributed by atoms with Crippen LogP contribution >= 0.6 is 0 Å². The van der Waals surface area contributed by atoms with E-state index in [4.69, 9.17) is 10.5 Å². The first-order valence-electron chi connectivity index (χ1n) is 11.8. The molecule has 0 amide bonds. The molecule has 0 saturated heterocycles. The van der Waals surface area contributed by atoms with Crippen molar-refractivity contribution in [1.82, 2.24) is 34.5 Å². The van der Waals surface area contributed by atoms with Crippen molar-refractivity contribution in [1.29, 1.82) is 0 Å². The van der Waals surface area contributed by atoms with E-state index in [1.807, 2.05) is 98.2 Å². The van der Waals surface area contributed by atoms with Crippen molar-refractivity contribution < 1.29 is 24.5 Å². The third-order valence-electron chi connectivity index (χ3n) is 4.99. The van der Waals surface area contributed by atoms with E-state index in [1.165, 1.54) is 5.56 Å². The molecule has 6 rings (SSSR count). The van der Waals surface area contributed by atoms with Crippen molar-refractivity contribution in [2.24, 2.45) is 5.73 Å². The molecule has 0 fully saturated rings. The number of nitrogens with zero attached hydrogens (tertiary/aromatic N) is 7. The molecule has 5 heterocycles. The Labute approximate surface area is 240 Å². The van der Waals surface area contributed by atoms with E-state index < -0.39 is 0 Å². The summed E-state index contributed by atoms with van der Waals surface area (Å²) in [6.07, 6.45) is 12.5.